The summed E-state index contributed by atoms with van der Waals surface area (Å²) in [5.74, 6) is -0.655. The third-order valence-electron chi connectivity index (χ3n) is 4.89. The highest BCUT2D eigenvalue weighted by molar-refractivity contribution is 8.04. The molecule has 150 valence electrons. The molecular weight excluding hydrogens is 392 g/mol. The minimum absolute atomic E-state index is 0.305. The Morgan fingerprint density at radius 3 is 2.27 bits per heavy atom. The fourth-order valence-electron chi connectivity index (χ4n) is 3.30. The summed E-state index contributed by atoms with van der Waals surface area (Å²) in [5, 5.41) is 3.20. The summed E-state index contributed by atoms with van der Waals surface area (Å²) in [6.45, 7) is 4.06. The third-order valence-corrected chi connectivity index (χ3v) is 5.99. The Bertz CT molecular complexity index is 1120. The van der Waals surface area contributed by atoms with Crippen molar-refractivity contribution in [3.05, 3.63) is 101 Å². The summed E-state index contributed by atoms with van der Waals surface area (Å²) in [4.78, 5) is 29.2. The number of thioether (sulfide) groups is 1. The van der Waals surface area contributed by atoms with E-state index >= 15 is 0 Å². The first-order chi connectivity index (χ1) is 14.6. The summed E-state index contributed by atoms with van der Waals surface area (Å²) in [6, 6.07) is 24.9. The van der Waals surface area contributed by atoms with Crippen molar-refractivity contribution in [3.63, 3.8) is 0 Å². The van der Waals surface area contributed by atoms with Gasteiger partial charge < -0.3 is 5.32 Å². The molecule has 1 aliphatic heterocycles. The Hall–Kier alpha value is -3.31. The van der Waals surface area contributed by atoms with E-state index in [4.69, 9.17) is 0 Å². The van der Waals surface area contributed by atoms with Crippen molar-refractivity contribution in [2.75, 3.05) is 10.2 Å². The molecule has 0 fully saturated rings. The second-order valence-corrected chi connectivity index (χ2v) is 8.16. The van der Waals surface area contributed by atoms with Crippen LogP contribution >= 0.6 is 11.8 Å². The van der Waals surface area contributed by atoms with Gasteiger partial charge in [-0.25, -0.2) is 4.90 Å². The number of hydrogen-bond acceptors (Lipinski definition) is 4. The van der Waals surface area contributed by atoms with Crippen molar-refractivity contribution >= 4 is 35.0 Å². The van der Waals surface area contributed by atoms with Crippen molar-refractivity contribution in [1.29, 1.82) is 0 Å². The predicted octanol–water partition coefficient (Wildman–Crippen LogP) is 5.55. The molecule has 1 N–H and O–H groups in total. The largest absolute Gasteiger partial charge is 0.350 e. The SMILES string of the molecule is CCc1ccc(N2C(=O)C(Nc3cccc(C)c3)=C(Sc3ccccc3)C2=O)cc1. The van der Waals surface area contributed by atoms with Gasteiger partial charge >= 0.3 is 0 Å². The maximum absolute atomic E-state index is 13.3. The lowest BCUT2D eigenvalue weighted by molar-refractivity contribution is -0.120. The Labute approximate surface area is 180 Å². The topological polar surface area (TPSA) is 49.4 Å². The van der Waals surface area contributed by atoms with E-state index in [2.05, 4.69) is 12.2 Å². The first-order valence-corrected chi connectivity index (χ1v) is 10.7. The third kappa shape index (κ3) is 4.02. The van der Waals surface area contributed by atoms with Gasteiger partial charge in [-0.2, -0.15) is 0 Å². The van der Waals surface area contributed by atoms with Crippen molar-refractivity contribution in [3.8, 4) is 0 Å². The van der Waals surface area contributed by atoms with E-state index in [1.165, 1.54) is 16.7 Å². The van der Waals surface area contributed by atoms with Crippen LogP contribution in [-0.4, -0.2) is 11.8 Å². The zero-order valence-corrected chi connectivity index (χ0v) is 17.7. The fraction of sp³-hybridized carbons (Fsp3) is 0.120. The Morgan fingerprint density at radius 2 is 1.60 bits per heavy atom. The molecule has 0 radical (unpaired) electrons. The molecule has 4 nitrogen and oxygen atoms in total. The molecule has 4 rings (SSSR count). The van der Waals surface area contributed by atoms with Gasteiger partial charge in [0, 0.05) is 10.6 Å². The number of rotatable bonds is 6. The molecule has 0 bridgehead atoms. The van der Waals surface area contributed by atoms with Crippen LogP contribution in [0.25, 0.3) is 0 Å². The van der Waals surface area contributed by atoms with Gasteiger partial charge in [-0.15, -0.1) is 0 Å². The molecule has 1 aliphatic rings. The van der Waals surface area contributed by atoms with E-state index < -0.39 is 0 Å². The quantitative estimate of drug-likeness (QED) is 0.538. The normalized spacial score (nSPS) is 13.9. The lowest BCUT2D eigenvalue weighted by atomic mass is 10.1. The van der Waals surface area contributed by atoms with Gasteiger partial charge in [0.05, 0.1) is 5.69 Å². The van der Waals surface area contributed by atoms with Crippen LogP contribution in [0.3, 0.4) is 0 Å². The van der Waals surface area contributed by atoms with E-state index in [1.807, 2.05) is 85.8 Å². The van der Waals surface area contributed by atoms with Crippen molar-refractivity contribution < 1.29 is 9.59 Å². The number of benzene rings is 3. The lowest BCUT2D eigenvalue weighted by Gasteiger charge is -2.15. The molecule has 0 aliphatic carbocycles. The van der Waals surface area contributed by atoms with Gasteiger partial charge in [0.1, 0.15) is 10.6 Å². The predicted molar refractivity (Wildman–Crippen MR) is 122 cm³/mol. The van der Waals surface area contributed by atoms with Crippen LogP contribution in [0, 0.1) is 6.92 Å². The number of carbonyl (C=O) groups excluding carboxylic acids is 2. The zero-order chi connectivity index (χ0) is 21.1. The number of carbonyl (C=O) groups is 2. The van der Waals surface area contributed by atoms with Crippen LogP contribution in [0.5, 0.6) is 0 Å². The summed E-state index contributed by atoms with van der Waals surface area (Å²) < 4.78 is 0. The van der Waals surface area contributed by atoms with Crippen LogP contribution < -0.4 is 10.2 Å². The van der Waals surface area contributed by atoms with E-state index in [1.54, 1.807) is 0 Å². The Morgan fingerprint density at radius 1 is 0.867 bits per heavy atom. The molecule has 1 heterocycles. The second kappa shape index (κ2) is 8.59. The van der Waals surface area contributed by atoms with E-state index in [0.717, 1.165) is 28.1 Å². The zero-order valence-electron chi connectivity index (χ0n) is 16.9. The van der Waals surface area contributed by atoms with Crippen LogP contribution in [0.4, 0.5) is 11.4 Å². The standard InChI is InChI=1S/C25H22N2O2S/c1-3-18-12-14-20(15-13-18)27-24(28)22(26-19-9-7-8-17(2)16-19)23(25(27)29)30-21-10-5-4-6-11-21/h4-16,26H,3H2,1-2H3. The molecular formula is C25H22N2O2S. The molecule has 0 saturated heterocycles. The van der Waals surface area contributed by atoms with Crippen molar-refractivity contribution in [2.24, 2.45) is 0 Å². The van der Waals surface area contributed by atoms with Crippen molar-refractivity contribution in [1.82, 2.24) is 0 Å². The number of nitrogens with zero attached hydrogens (tertiary/aromatic N) is 1. The smallest absolute Gasteiger partial charge is 0.283 e. The molecule has 3 aromatic carbocycles. The van der Waals surface area contributed by atoms with Gasteiger partial charge in [0.25, 0.3) is 11.8 Å². The molecule has 0 unspecified atom stereocenters. The minimum atomic E-state index is -0.343. The number of imide groups is 1. The molecule has 0 atom stereocenters. The maximum atomic E-state index is 13.3. The average Bonchev–Trinajstić information content (AvgIpc) is 2.98. The van der Waals surface area contributed by atoms with Crippen LogP contribution in [0.1, 0.15) is 18.1 Å². The van der Waals surface area contributed by atoms with Gasteiger partial charge in [-0.1, -0.05) is 61.2 Å². The van der Waals surface area contributed by atoms with Crippen molar-refractivity contribution in [2.45, 2.75) is 25.2 Å². The molecule has 3 aromatic rings. The minimum Gasteiger partial charge on any atom is -0.350 e. The van der Waals surface area contributed by atoms with Crippen LogP contribution in [0.2, 0.25) is 0 Å². The average molecular weight is 415 g/mol. The van der Waals surface area contributed by atoms with Gasteiger partial charge in [0.15, 0.2) is 0 Å². The summed E-state index contributed by atoms with van der Waals surface area (Å²) >= 11 is 1.31. The number of anilines is 2. The highest BCUT2D eigenvalue weighted by atomic mass is 32.2. The Balaban J connectivity index is 1.73. The molecule has 30 heavy (non-hydrogen) atoms. The van der Waals surface area contributed by atoms with Gasteiger partial charge in [-0.3, -0.25) is 9.59 Å². The summed E-state index contributed by atoms with van der Waals surface area (Å²) in [6.07, 6.45) is 0.899. The second-order valence-electron chi connectivity index (χ2n) is 7.08. The summed E-state index contributed by atoms with van der Waals surface area (Å²) in [7, 11) is 0. The monoisotopic (exact) mass is 414 g/mol. The summed E-state index contributed by atoms with van der Waals surface area (Å²) in [5.41, 5.74) is 3.89. The first-order valence-electron chi connectivity index (χ1n) is 9.85. The van der Waals surface area contributed by atoms with E-state index in [-0.39, 0.29) is 11.8 Å². The van der Waals surface area contributed by atoms with Gasteiger partial charge in [0.2, 0.25) is 0 Å². The maximum Gasteiger partial charge on any atom is 0.283 e. The molecule has 0 saturated carbocycles. The van der Waals surface area contributed by atoms with E-state index in [9.17, 15) is 9.59 Å². The lowest BCUT2D eigenvalue weighted by Crippen LogP contribution is -2.32. The van der Waals surface area contributed by atoms with Gasteiger partial charge in [-0.05, 0) is 60.9 Å². The highest BCUT2D eigenvalue weighted by Gasteiger charge is 2.40. The molecule has 5 heteroatoms. The Kier molecular flexibility index (Phi) is 5.72. The van der Waals surface area contributed by atoms with E-state index in [0.29, 0.717) is 16.3 Å². The van der Waals surface area contributed by atoms with Crippen LogP contribution in [-0.2, 0) is 16.0 Å². The first kappa shape index (κ1) is 20.0. The highest BCUT2D eigenvalue weighted by Crippen LogP contribution is 2.37. The number of hydrogen-bond donors (Lipinski definition) is 1. The number of amides is 2. The molecule has 0 spiro atoms. The molecule has 0 aromatic heterocycles. The number of aryl methyl sites for hydroxylation is 2. The molecule has 2 amide bonds. The number of nitrogens with one attached hydrogen (secondary N) is 1. The fourth-order valence-corrected chi connectivity index (χ4v) is 4.25. The van der Waals surface area contributed by atoms with Crippen LogP contribution in [0.15, 0.2) is 94.4 Å².